The lowest BCUT2D eigenvalue weighted by Gasteiger charge is -2.27. The molecule has 0 amide bonds. The molecule has 1 aromatic rings. The van der Waals surface area contributed by atoms with E-state index in [0.717, 1.165) is 37.7 Å². The minimum atomic E-state index is 0.308. The van der Waals surface area contributed by atoms with Crippen molar-refractivity contribution in [1.82, 2.24) is 10.6 Å². The summed E-state index contributed by atoms with van der Waals surface area (Å²) in [5, 5.41) is 6.70. The van der Waals surface area contributed by atoms with Crippen LogP contribution in [0.4, 0.5) is 0 Å². The Hall–Kier alpha value is -1.75. The molecule has 2 fully saturated rings. The van der Waals surface area contributed by atoms with E-state index in [4.69, 9.17) is 9.47 Å². The van der Waals surface area contributed by atoms with E-state index < -0.39 is 0 Å². The van der Waals surface area contributed by atoms with E-state index in [1.165, 1.54) is 24.8 Å². The second-order valence-electron chi connectivity index (χ2n) is 6.22. The Labute approximate surface area is 138 Å². The second-order valence-corrected chi connectivity index (χ2v) is 6.22. The number of guanidine groups is 1. The van der Waals surface area contributed by atoms with E-state index in [1.54, 1.807) is 7.05 Å². The molecule has 5 nitrogen and oxygen atoms in total. The molecule has 1 unspecified atom stereocenters. The number of aliphatic imine (C=N–C) groups is 1. The lowest BCUT2D eigenvalue weighted by molar-refractivity contribution is 0.113. The van der Waals surface area contributed by atoms with Crippen molar-refractivity contribution in [3.8, 4) is 5.75 Å². The van der Waals surface area contributed by atoms with Gasteiger partial charge in [-0.2, -0.15) is 0 Å². The van der Waals surface area contributed by atoms with Crippen LogP contribution in [0, 0.1) is 0 Å². The van der Waals surface area contributed by atoms with Crippen LogP contribution < -0.4 is 15.4 Å². The SMILES string of the molecule is CN=C(NCc1ccccc1OC1CCC1)NCC1CCCO1. The molecule has 0 spiro atoms. The first-order chi connectivity index (χ1) is 11.3. The van der Waals surface area contributed by atoms with Gasteiger partial charge in [0.2, 0.25) is 0 Å². The molecule has 1 aliphatic heterocycles. The van der Waals surface area contributed by atoms with E-state index in [1.807, 2.05) is 12.1 Å². The number of hydrogen-bond donors (Lipinski definition) is 2. The van der Waals surface area contributed by atoms with Crippen LogP contribution >= 0.6 is 0 Å². The molecule has 5 heteroatoms. The second kappa shape index (κ2) is 8.20. The Balaban J connectivity index is 1.49. The van der Waals surface area contributed by atoms with Gasteiger partial charge in [0.1, 0.15) is 5.75 Å². The van der Waals surface area contributed by atoms with Crippen LogP contribution in [0.2, 0.25) is 0 Å². The van der Waals surface area contributed by atoms with Gasteiger partial charge in [-0.1, -0.05) is 18.2 Å². The zero-order valence-corrected chi connectivity index (χ0v) is 13.9. The molecule has 1 atom stereocenters. The molecule has 1 heterocycles. The van der Waals surface area contributed by atoms with Crippen molar-refractivity contribution < 1.29 is 9.47 Å². The fraction of sp³-hybridized carbons (Fsp3) is 0.611. The molecule has 1 aromatic carbocycles. The van der Waals surface area contributed by atoms with E-state index in [0.29, 0.717) is 18.8 Å². The summed E-state index contributed by atoms with van der Waals surface area (Å²) in [6.07, 6.45) is 6.62. The van der Waals surface area contributed by atoms with Crippen LogP contribution in [-0.4, -0.2) is 38.4 Å². The molecule has 0 aromatic heterocycles. The van der Waals surface area contributed by atoms with Crippen molar-refractivity contribution in [3.63, 3.8) is 0 Å². The molecule has 1 saturated carbocycles. The molecule has 3 rings (SSSR count). The predicted molar refractivity (Wildman–Crippen MR) is 91.9 cm³/mol. The zero-order valence-electron chi connectivity index (χ0n) is 13.9. The van der Waals surface area contributed by atoms with E-state index in [9.17, 15) is 0 Å². The van der Waals surface area contributed by atoms with Gasteiger partial charge in [0.25, 0.3) is 0 Å². The average Bonchev–Trinajstić information content (AvgIpc) is 3.05. The van der Waals surface area contributed by atoms with Crippen LogP contribution in [0.1, 0.15) is 37.7 Å². The van der Waals surface area contributed by atoms with Crippen molar-refractivity contribution in [2.24, 2.45) is 4.99 Å². The lowest BCUT2D eigenvalue weighted by Crippen LogP contribution is -2.40. The summed E-state index contributed by atoms with van der Waals surface area (Å²) in [5.74, 6) is 1.79. The average molecular weight is 317 g/mol. The minimum absolute atomic E-state index is 0.308. The van der Waals surface area contributed by atoms with Crippen LogP contribution in [0.15, 0.2) is 29.3 Å². The minimum Gasteiger partial charge on any atom is -0.490 e. The van der Waals surface area contributed by atoms with Gasteiger partial charge in [-0.3, -0.25) is 4.99 Å². The van der Waals surface area contributed by atoms with Crippen LogP contribution in [0.5, 0.6) is 5.75 Å². The number of rotatable bonds is 6. The molecule has 23 heavy (non-hydrogen) atoms. The fourth-order valence-corrected chi connectivity index (χ4v) is 2.85. The standard InChI is InChI=1S/C18H27N3O2/c1-19-18(21-13-16-9-5-11-22-16)20-12-14-6-2-3-10-17(14)23-15-7-4-8-15/h2-3,6,10,15-16H,4-5,7-9,11-13H2,1H3,(H2,19,20,21). The summed E-state index contributed by atoms with van der Waals surface area (Å²) in [5.41, 5.74) is 1.17. The first-order valence-electron chi connectivity index (χ1n) is 8.66. The summed E-state index contributed by atoms with van der Waals surface area (Å²) in [7, 11) is 1.79. The van der Waals surface area contributed by atoms with E-state index >= 15 is 0 Å². The van der Waals surface area contributed by atoms with Crippen molar-refractivity contribution in [1.29, 1.82) is 0 Å². The number of hydrogen-bond acceptors (Lipinski definition) is 3. The predicted octanol–water partition coefficient (Wildman–Crippen LogP) is 2.46. The Kier molecular flexibility index (Phi) is 5.75. The van der Waals surface area contributed by atoms with Crippen LogP contribution in [0.25, 0.3) is 0 Å². The first kappa shape index (κ1) is 16.1. The molecular weight excluding hydrogens is 290 g/mol. The summed E-state index contributed by atoms with van der Waals surface area (Å²) >= 11 is 0. The maximum absolute atomic E-state index is 6.07. The van der Waals surface area contributed by atoms with Crippen LogP contribution in [-0.2, 0) is 11.3 Å². The molecule has 0 radical (unpaired) electrons. The summed E-state index contributed by atoms with van der Waals surface area (Å²) < 4.78 is 11.7. The highest BCUT2D eigenvalue weighted by molar-refractivity contribution is 5.79. The number of para-hydroxylation sites is 1. The van der Waals surface area contributed by atoms with E-state index in [2.05, 4.69) is 27.8 Å². The Bertz CT molecular complexity index is 523. The highest BCUT2D eigenvalue weighted by atomic mass is 16.5. The molecule has 2 aliphatic rings. The van der Waals surface area contributed by atoms with Gasteiger partial charge in [0, 0.05) is 32.3 Å². The van der Waals surface area contributed by atoms with Crippen molar-refractivity contribution in [3.05, 3.63) is 29.8 Å². The van der Waals surface area contributed by atoms with Gasteiger partial charge in [0.15, 0.2) is 5.96 Å². The van der Waals surface area contributed by atoms with E-state index in [-0.39, 0.29) is 0 Å². The lowest BCUT2D eigenvalue weighted by atomic mass is 9.96. The number of nitrogens with one attached hydrogen (secondary N) is 2. The summed E-state index contributed by atoms with van der Waals surface area (Å²) in [6.45, 7) is 2.39. The topological polar surface area (TPSA) is 54.9 Å². The van der Waals surface area contributed by atoms with Crippen molar-refractivity contribution in [2.45, 2.75) is 50.9 Å². The smallest absolute Gasteiger partial charge is 0.191 e. The first-order valence-corrected chi connectivity index (χ1v) is 8.66. The molecule has 1 aliphatic carbocycles. The van der Waals surface area contributed by atoms with Gasteiger partial charge in [0.05, 0.1) is 12.2 Å². The normalized spacial score (nSPS) is 21.8. The summed E-state index contributed by atoms with van der Waals surface area (Å²) in [6, 6.07) is 8.24. The van der Waals surface area contributed by atoms with Gasteiger partial charge in [-0.15, -0.1) is 0 Å². The number of nitrogens with zero attached hydrogens (tertiary/aromatic N) is 1. The zero-order chi connectivity index (χ0) is 15.9. The van der Waals surface area contributed by atoms with Crippen LogP contribution in [0.3, 0.4) is 0 Å². The Morgan fingerprint density at radius 2 is 2.09 bits per heavy atom. The quantitative estimate of drug-likeness (QED) is 0.625. The molecule has 1 saturated heterocycles. The maximum atomic E-state index is 6.07. The number of ether oxygens (including phenoxy) is 2. The Morgan fingerprint density at radius 1 is 1.22 bits per heavy atom. The van der Waals surface area contributed by atoms with Gasteiger partial charge in [-0.05, 0) is 38.2 Å². The monoisotopic (exact) mass is 317 g/mol. The van der Waals surface area contributed by atoms with Crippen molar-refractivity contribution in [2.75, 3.05) is 20.2 Å². The maximum Gasteiger partial charge on any atom is 0.191 e. The largest absolute Gasteiger partial charge is 0.490 e. The van der Waals surface area contributed by atoms with Gasteiger partial charge >= 0.3 is 0 Å². The third-order valence-electron chi connectivity index (χ3n) is 4.51. The van der Waals surface area contributed by atoms with Gasteiger partial charge < -0.3 is 20.1 Å². The molecule has 2 N–H and O–H groups in total. The highest BCUT2D eigenvalue weighted by Crippen LogP contribution is 2.27. The number of benzene rings is 1. The summed E-state index contributed by atoms with van der Waals surface area (Å²) in [4.78, 5) is 4.28. The third kappa shape index (κ3) is 4.61. The van der Waals surface area contributed by atoms with Gasteiger partial charge in [-0.25, -0.2) is 0 Å². The highest BCUT2D eigenvalue weighted by Gasteiger charge is 2.20. The third-order valence-corrected chi connectivity index (χ3v) is 4.51. The molecular formula is C18H27N3O2. The fourth-order valence-electron chi connectivity index (χ4n) is 2.85. The van der Waals surface area contributed by atoms with Crippen molar-refractivity contribution >= 4 is 5.96 Å². The molecule has 126 valence electrons. The Morgan fingerprint density at radius 3 is 2.78 bits per heavy atom. The molecule has 0 bridgehead atoms.